The Labute approximate surface area is 133 Å². The number of nitrogens with zero attached hydrogens (tertiary/aromatic N) is 3. The Morgan fingerprint density at radius 1 is 1.43 bits per heavy atom. The van der Waals surface area contributed by atoms with E-state index in [0.717, 1.165) is 6.07 Å². The van der Waals surface area contributed by atoms with E-state index >= 15 is 0 Å². The number of hydrogen-bond donors (Lipinski definition) is 0. The minimum atomic E-state index is -3.69. The summed E-state index contributed by atoms with van der Waals surface area (Å²) in [5.41, 5.74) is 0. The van der Waals surface area contributed by atoms with Gasteiger partial charge in [-0.25, -0.2) is 12.8 Å². The van der Waals surface area contributed by atoms with Gasteiger partial charge in [-0.3, -0.25) is 0 Å². The molecule has 1 aromatic heterocycles. The molecule has 0 radical (unpaired) electrons. The number of hydrogen-bond acceptors (Lipinski definition) is 6. The van der Waals surface area contributed by atoms with E-state index in [2.05, 4.69) is 10.1 Å². The molecule has 2 heterocycles. The highest BCUT2D eigenvalue weighted by atomic mass is 32.2. The monoisotopic (exact) mass is 341 g/mol. The van der Waals surface area contributed by atoms with Crippen LogP contribution in [0.15, 0.2) is 33.7 Å². The van der Waals surface area contributed by atoms with Crippen LogP contribution in [0.2, 0.25) is 0 Å². The lowest BCUT2D eigenvalue weighted by Gasteiger charge is -2.35. The van der Waals surface area contributed by atoms with E-state index in [-0.39, 0.29) is 23.9 Å². The van der Waals surface area contributed by atoms with Gasteiger partial charge in [-0.15, -0.1) is 0 Å². The first kappa shape index (κ1) is 16.0. The van der Waals surface area contributed by atoms with Crippen molar-refractivity contribution in [1.29, 1.82) is 0 Å². The normalized spacial score (nSPS) is 16.4. The van der Waals surface area contributed by atoms with Gasteiger partial charge in [-0.1, -0.05) is 11.2 Å². The molecule has 124 valence electrons. The molecule has 0 N–H and O–H groups in total. The first-order valence-electron chi connectivity index (χ1n) is 7.08. The maximum atomic E-state index is 13.2. The topological polar surface area (TPSA) is 85.5 Å². The van der Waals surface area contributed by atoms with Gasteiger partial charge in [0.05, 0.1) is 17.4 Å². The average molecular weight is 341 g/mol. The van der Waals surface area contributed by atoms with Crippen molar-refractivity contribution in [3.05, 3.63) is 41.8 Å². The van der Waals surface area contributed by atoms with Crippen LogP contribution in [0.5, 0.6) is 0 Å². The van der Waals surface area contributed by atoms with Crippen molar-refractivity contribution in [1.82, 2.24) is 14.4 Å². The van der Waals surface area contributed by atoms with Crippen molar-refractivity contribution in [3.63, 3.8) is 0 Å². The third-order valence-electron chi connectivity index (χ3n) is 3.64. The fraction of sp³-hybridized carbons (Fsp3) is 0.429. The molecular formula is C14H16FN3O4S. The second kappa shape index (κ2) is 6.34. The van der Waals surface area contributed by atoms with E-state index in [9.17, 15) is 12.8 Å². The molecule has 1 aromatic carbocycles. The predicted molar refractivity (Wildman–Crippen MR) is 77.8 cm³/mol. The first-order valence-corrected chi connectivity index (χ1v) is 8.52. The molecule has 1 aliphatic heterocycles. The largest absolute Gasteiger partial charge is 0.384 e. The third-order valence-corrected chi connectivity index (χ3v) is 5.47. The lowest BCUT2D eigenvalue weighted by Crippen LogP contribution is -2.48. The quantitative estimate of drug-likeness (QED) is 0.784. The van der Waals surface area contributed by atoms with E-state index in [0.29, 0.717) is 24.7 Å². The molecule has 0 atom stereocenters. The molecule has 1 fully saturated rings. The third kappa shape index (κ3) is 3.26. The van der Waals surface area contributed by atoms with Crippen LogP contribution in [0.25, 0.3) is 0 Å². The highest BCUT2D eigenvalue weighted by molar-refractivity contribution is 7.89. The molecule has 0 saturated carbocycles. The highest BCUT2D eigenvalue weighted by Gasteiger charge is 2.40. The zero-order valence-electron chi connectivity index (χ0n) is 12.5. The molecule has 9 heteroatoms. The maximum absolute atomic E-state index is 13.2. The molecule has 0 aliphatic carbocycles. The second-order valence-electron chi connectivity index (χ2n) is 5.27. The smallest absolute Gasteiger partial charge is 0.243 e. The van der Waals surface area contributed by atoms with Gasteiger partial charge in [0.25, 0.3) is 0 Å². The van der Waals surface area contributed by atoms with Crippen LogP contribution in [0, 0.1) is 5.82 Å². The van der Waals surface area contributed by atoms with Crippen LogP contribution >= 0.6 is 0 Å². The number of ether oxygens (including phenoxy) is 1. The Kier molecular flexibility index (Phi) is 4.42. The number of benzene rings is 1. The Bertz CT molecular complexity index is 787. The molecule has 3 rings (SSSR count). The van der Waals surface area contributed by atoms with E-state index in [4.69, 9.17) is 9.26 Å². The van der Waals surface area contributed by atoms with Gasteiger partial charge in [0, 0.05) is 26.6 Å². The summed E-state index contributed by atoms with van der Waals surface area (Å²) in [5.74, 6) is 0.236. The molecule has 0 spiro atoms. The number of methoxy groups -OCH3 is 1. The van der Waals surface area contributed by atoms with E-state index in [1.165, 1.54) is 22.5 Å². The number of aromatic nitrogens is 2. The van der Waals surface area contributed by atoms with Gasteiger partial charge in [0.2, 0.25) is 15.9 Å². The molecule has 2 aromatic rings. The van der Waals surface area contributed by atoms with Gasteiger partial charge >= 0.3 is 0 Å². The lowest BCUT2D eigenvalue weighted by molar-refractivity contribution is 0.199. The Hall–Kier alpha value is -1.84. The fourth-order valence-corrected chi connectivity index (χ4v) is 3.86. The number of rotatable bonds is 6. The van der Waals surface area contributed by atoms with E-state index in [1.54, 1.807) is 7.11 Å². The summed E-state index contributed by atoms with van der Waals surface area (Å²) in [4.78, 5) is 4.18. The Morgan fingerprint density at radius 2 is 2.22 bits per heavy atom. The van der Waals surface area contributed by atoms with Crippen molar-refractivity contribution in [3.8, 4) is 0 Å². The van der Waals surface area contributed by atoms with E-state index in [1.807, 2.05) is 0 Å². The summed E-state index contributed by atoms with van der Waals surface area (Å²) < 4.78 is 49.3. The summed E-state index contributed by atoms with van der Waals surface area (Å²) >= 11 is 0. The standard InChI is InChI=1S/C14H16FN3O4S/c1-21-6-5-13-16-14(22-17-13)10-8-18(9-10)23(19,20)12-4-2-3-11(15)7-12/h2-4,7,10H,5-6,8-9H2,1H3. The maximum Gasteiger partial charge on any atom is 0.243 e. The van der Waals surface area contributed by atoms with Crippen LogP contribution in [0.1, 0.15) is 17.6 Å². The van der Waals surface area contributed by atoms with Gasteiger partial charge in [0.1, 0.15) is 5.82 Å². The van der Waals surface area contributed by atoms with Gasteiger partial charge in [-0.2, -0.15) is 9.29 Å². The molecule has 23 heavy (non-hydrogen) atoms. The summed E-state index contributed by atoms with van der Waals surface area (Å²) in [5, 5.41) is 3.83. The SMILES string of the molecule is COCCc1noc(C2CN(S(=O)(=O)c3cccc(F)c3)C2)n1. The summed E-state index contributed by atoms with van der Waals surface area (Å²) in [7, 11) is -2.10. The minimum Gasteiger partial charge on any atom is -0.384 e. The molecule has 0 unspecified atom stereocenters. The van der Waals surface area contributed by atoms with Crippen LogP contribution in [0.4, 0.5) is 4.39 Å². The van der Waals surface area contributed by atoms with Crippen molar-refractivity contribution >= 4 is 10.0 Å². The molecule has 0 amide bonds. The summed E-state index contributed by atoms with van der Waals surface area (Å²) in [6.45, 7) is 0.971. The second-order valence-corrected chi connectivity index (χ2v) is 7.21. The average Bonchev–Trinajstić information content (AvgIpc) is 2.92. The predicted octanol–water partition coefficient (Wildman–Crippen LogP) is 1.19. The number of sulfonamides is 1. The lowest BCUT2D eigenvalue weighted by atomic mass is 10.0. The zero-order valence-corrected chi connectivity index (χ0v) is 13.3. The molecular weight excluding hydrogens is 325 g/mol. The first-order chi connectivity index (χ1) is 11.0. The summed E-state index contributed by atoms with van der Waals surface area (Å²) in [6, 6.07) is 4.97. The molecule has 1 aliphatic rings. The summed E-state index contributed by atoms with van der Waals surface area (Å²) in [6.07, 6.45) is 0.540. The van der Waals surface area contributed by atoms with Crippen molar-refractivity contribution in [2.75, 3.05) is 26.8 Å². The van der Waals surface area contributed by atoms with Crippen molar-refractivity contribution in [2.45, 2.75) is 17.2 Å². The zero-order chi connectivity index (χ0) is 16.4. The molecule has 7 nitrogen and oxygen atoms in total. The van der Waals surface area contributed by atoms with Crippen LogP contribution in [0.3, 0.4) is 0 Å². The van der Waals surface area contributed by atoms with Gasteiger partial charge < -0.3 is 9.26 Å². The highest BCUT2D eigenvalue weighted by Crippen LogP contribution is 2.31. The molecule has 1 saturated heterocycles. The van der Waals surface area contributed by atoms with Crippen molar-refractivity contribution in [2.24, 2.45) is 0 Å². The van der Waals surface area contributed by atoms with Crippen molar-refractivity contribution < 1.29 is 22.1 Å². The Morgan fingerprint density at radius 3 is 2.91 bits per heavy atom. The van der Waals surface area contributed by atoms with Gasteiger partial charge in [0.15, 0.2) is 5.82 Å². The van der Waals surface area contributed by atoms with Gasteiger partial charge in [-0.05, 0) is 18.2 Å². The van der Waals surface area contributed by atoms with E-state index < -0.39 is 15.8 Å². The fourth-order valence-electron chi connectivity index (χ4n) is 2.30. The molecule has 0 bridgehead atoms. The van der Waals surface area contributed by atoms with Crippen LogP contribution in [-0.4, -0.2) is 49.7 Å². The number of halogens is 1. The van der Waals surface area contributed by atoms with Crippen LogP contribution < -0.4 is 0 Å². The minimum absolute atomic E-state index is 0.0535. The van der Waals surface area contributed by atoms with Crippen LogP contribution in [-0.2, 0) is 21.2 Å². The Balaban J connectivity index is 1.65.